The Balaban J connectivity index is 2.64. The minimum absolute atomic E-state index is 0.0309. The third-order valence-electron chi connectivity index (χ3n) is 2.72. The normalized spacial score (nSPS) is 11.2. The number of carboxylic acid groups (broad SMARTS) is 1. The minimum atomic E-state index is -3.57. The van der Waals surface area contributed by atoms with E-state index in [-0.39, 0.29) is 17.9 Å². The average molecular weight is 329 g/mol. The summed E-state index contributed by atoms with van der Waals surface area (Å²) in [5.41, 5.74) is 0.332. The van der Waals surface area contributed by atoms with Crippen LogP contribution in [0, 0.1) is 0 Å². The smallest absolute Gasteiger partial charge is 0.319 e. The number of carbonyl (C=O) groups excluding carboxylic acids is 1. The molecule has 0 aromatic heterocycles. The molecule has 0 saturated carbocycles. The second-order valence-electron chi connectivity index (χ2n) is 4.69. The maximum Gasteiger partial charge on any atom is 0.319 e. The Kier molecular flexibility index (Phi) is 6.32. The molecule has 3 N–H and O–H groups in total. The lowest BCUT2D eigenvalue weighted by molar-refractivity contribution is -0.137. The lowest BCUT2D eigenvalue weighted by Crippen LogP contribution is -2.30. The number of carbonyl (C=O) groups is 2. The van der Waals surface area contributed by atoms with Crippen molar-refractivity contribution in [1.29, 1.82) is 0 Å². The average Bonchev–Trinajstić information content (AvgIpc) is 2.43. The number of sulfonamides is 1. The van der Waals surface area contributed by atoms with E-state index in [0.717, 1.165) is 4.31 Å². The van der Waals surface area contributed by atoms with Crippen molar-refractivity contribution in [2.45, 2.75) is 17.7 Å². The van der Waals surface area contributed by atoms with E-state index in [1.54, 1.807) is 6.07 Å². The van der Waals surface area contributed by atoms with E-state index in [4.69, 9.17) is 5.11 Å². The van der Waals surface area contributed by atoms with Crippen LogP contribution in [-0.4, -0.2) is 50.5 Å². The van der Waals surface area contributed by atoms with Gasteiger partial charge in [-0.2, -0.15) is 0 Å². The molecule has 9 heteroatoms. The second kappa shape index (κ2) is 7.76. The van der Waals surface area contributed by atoms with Crippen molar-refractivity contribution in [1.82, 2.24) is 9.62 Å². The zero-order valence-electron chi connectivity index (χ0n) is 12.4. The van der Waals surface area contributed by atoms with Crippen molar-refractivity contribution in [2.24, 2.45) is 0 Å². The van der Waals surface area contributed by atoms with E-state index < -0.39 is 22.0 Å². The van der Waals surface area contributed by atoms with Crippen LogP contribution in [0.1, 0.15) is 12.8 Å². The number of hydrogen-bond donors (Lipinski definition) is 3. The first-order valence-electron chi connectivity index (χ1n) is 6.52. The highest BCUT2D eigenvalue weighted by atomic mass is 32.2. The van der Waals surface area contributed by atoms with E-state index in [2.05, 4.69) is 10.6 Å². The van der Waals surface area contributed by atoms with Crippen LogP contribution in [0.15, 0.2) is 29.2 Å². The molecule has 0 saturated heterocycles. The lowest BCUT2D eigenvalue weighted by atomic mass is 10.3. The van der Waals surface area contributed by atoms with Crippen LogP contribution in [0.4, 0.5) is 10.5 Å². The monoisotopic (exact) mass is 329 g/mol. The van der Waals surface area contributed by atoms with Crippen molar-refractivity contribution in [3.8, 4) is 0 Å². The van der Waals surface area contributed by atoms with Crippen LogP contribution in [0.2, 0.25) is 0 Å². The third kappa shape index (κ3) is 5.34. The third-order valence-corrected chi connectivity index (χ3v) is 4.53. The van der Waals surface area contributed by atoms with Crippen molar-refractivity contribution < 1.29 is 23.1 Å². The fraction of sp³-hybridized carbons (Fsp3) is 0.385. The molecular formula is C13H19N3O5S. The van der Waals surface area contributed by atoms with E-state index in [1.165, 1.54) is 32.3 Å². The van der Waals surface area contributed by atoms with Crippen LogP contribution in [0.5, 0.6) is 0 Å². The van der Waals surface area contributed by atoms with E-state index in [0.29, 0.717) is 12.1 Å². The summed E-state index contributed by atoms with van der Waals surface area (Å²) in [4.78, 5) is 22.0. The van der Waals surface area contributed by atoms with Gasteiger partial charge in [-0.25, -0.2) is 17.5 Å². The Morgan fingerprint density at radius 3 is 2.55 bits per heavy atom. The molecule has 0 aliphatic carbocycles. The molecule has 0 fully saturated rings. The first-order valence-corrected chi connectivity index (χ1v) is 7.96. The quantitative estimate of drug-likeness (QED) is 0.643. The van der Waals surface area contributed by atoms with E-state index >= 15 is 0 Å². The molecule has 0 unspecified atom stereocenters. The molecule has 1 aromatic rings. The van der Waals surface area contributed by atoms with Crippen LogP contribution in [-0.2, 0) is 14.8 Å². The highest BCUT2D eigenvalue weighted by Crippen LogP contribution is 2.17. The molecule has 0 aliphatic rings. The maximum atomic E-state index is 12.0. The summed E-state index contributed by atoms with van der Waals surface area (Å²) in [6, 6.07) is 5.35. The predicted octanol–water partition coefficient (Wildman–Crippen LogP) is 0.923. The molecule has 0 atom stereocenters. The van der Waals surface area contributed by atoms with Crippen LogP contribution < -0.4 is 10.6 Å². The van der Waals surface area contributed by atoms with E-state index in [9.17, 15) is 18.0 Å². The number of benzene rings is 1. The standard InChI is InChI=1S/C13H19N3O5S/c1-16(2)22(20,21)11-6-3-5-10(9-11)15-13(19)14-8-4-7-12(17)18/h3,5-6,9H,4,7-8H2,1-2H3,(H,17,18)(H2,14,15,19). The summed E-state index contributed by atoms with van der Waals surface area (Å²) in [6.45, 7) is 0.216. The SMILES string of the molecule is CN(C)S(=O)(=O)c1cccc(NC(=O)NCCCC(=O)O)c1. The van der Waals surface area contributed by atoms with Crippen molar-refractivity contribution in [3.05, 3.63) is 24.3 Å². The van der Waals surface area contributed by atoms with Gasteiger partial charge in [-0.05, 0) is 24.6 Å². The van der Waals surface area contributed by atoms with Gasteiger partial charge in [-0.1, -0.05) is 6.07 Å². The van der Waals surface area contributed by atoms with E-state index in [1.807, 2.05) is 0 Å². The zero-order valence-corrected chi connectivity index (χ0v) is 13.2. The minimum Gasteiger partial charge on any atom is -0.481 e. The van der Waals surface area contributed by atoms with Crippen LogP contribution >= 0.6 is 0 Å². The van der Waals surface area contributed by atoms with Gasteiger partial charge < -0.3 is 15.7 Å². The van der Waals surface area contributed by atoms with Crippen LogP contribution in [0.3, 0.4) is 0 Å². The molecule has 0 radical (unpaired) electrons. The molecule has 0 aliphatic heterocycles. The van der Waals surface area contributed by atoms with Gasteiger partial charge in [0, 0.05) is 32.7 Å². The fourth-order valence-corrected chi connectivity index (χ4v) is 2.51. The molecule has 0 spiro atoms. The Labute approximate surface area is 129 Å². The van der Waals surface area contributed by atoms with Gasteiger partial charge >= 0.3 is 12.0 Å². The summed E-state index contributed by atoms with van der Waals surface area (Å²) < 4.78 is 25.1. The fourth-order valence-electron chi connectivity index (χ4n) is 1.56. The van der Waals surface area contributed by atoms with Crippen molar-refractivity contribution in [3.63, 3.8) is 0 Å². The van der Waals surface area contributed by atoms with Crippen molar-refractivity contribution in [2.75, 3.05) is 26.0 Å². The largest absolute Gasteiger partial charge is 0.481 e. The molecule has 0 bridgehead atoms. The summed E-state index contributed by atoms with van der Waals surface area (Å²) in [5.74, 6) is -0.927. The predicted molar refractivity (Wildman–Crippen MR) is 81.2 cm³/mol. The second-order valence-corrected chi connectivity index (χ2v) is 6.85. The molecule has 8 nitrogen and oxygen atoms in total. The first kappa shape index (κ1) is 17.9. The number of carboxylic acids is 1. The summed E-state index contributed by atoms with van der Waals surface area (Å²) >= 11 is 0. The van der Waals surface area contributed by atoms with Gasteiger partial charge in [0.25, 0.3) is 0 Å². The topological polar surface area (TPSA) is 116 Å². The number of nitrogens with zero attached hydrogens (tertiary/aromatic N) is 1. The van der Waals surface area contributed by atoms with Crippen LogP contribution in [0.25, 0.3) is 0 Å². The Morgan fingerprint density at radius 1 is 1.27 bits per heavy atom. The number of rotatable bonds is 7. The molecule has 1 rings (SSSR count). The number of amides is 2. The number of hydrogen-bond acceptors (Lipinski definition) is 4. The number of anilines is 1. The molecule has 1 aromatic carbocycles. The highest BCUT2D eigenvalue weighted by Gasteiger charge is 2.17. The van der Waals surface area contributed by atoms with Gasteiger partial charge in [0.2, 0.25) is 10.0 Å². The van der Waals surface area contributed by atoms with Gasteiger partial charge in [0.15, 0.2) is 0 Å². The maximum absolute atomic E-state index is 12.0. The van der Waals surface area contributed by atoms with Gasteiger partial charge in [-0.15, -0.1) is 0 Å². The number of aliphatic carboxylic acids is 1. The lowest BCUT2D eigenvalue weighted by Gasteiger charge is -2.13. The number of nitrogens with one attached hydrogen (secondary N) is 2. The molecule has 2 amide bonds. The summed E-state index contributed by atoms with van der Waals surface area (Å²) in [5, 5.41) is 13.5. The Bertz CT molecular complexity index is 643. The Hall–Kier alpha value is -2.13. The van der Waals surface area contributed by atoms with Gasteiger partial charge in [0.05, 0.1) is 4.90 Å². The summed E-state index contributed by atoms with van der Waals surface area (Å²) in [6.07, 6.45) is 0.286. The van der Waals surface area contributed by atoms with Crippen molar-refractivity contribution >= 4 is 27.7 Å². The first-order chi connectivity index (χ1) is 10.2. The molecule has 0 heterocycles. The van der Waals surface area contributed by atoms with Gasteiger partial charge in [-0.3, -0.25) is 4.79 Å². The van der Waals surface area contributed by atoms with Gasteiger partial charge in [0.1, 0.15) is 0 Å². The Morgan fingerprint density at radius 2 is 1.95 bits per heavy atom. The molecular weight excluding hydrogens is 310 g/mol. The molecule has 122 valence electrons. The highest BCUT2D eigenvalue weighted by molar-refractivity contribution is 7.89. The summed E-state index contributed by atoms with van der Waals surface area (Å²) in [7, 11) is -0.727. The number of urea groups is 1. The molecule has 22 heavy (non-hydrogen) atoms. The zero-order chi connectivity index (χ0) is 16.8.